The summed E-state index contributed by atoms with van der Waals surface area (Å²) in [7, 11) is 0. The first-order valence-electron chi connectivity index (χ1n) is 13.6. The van der Waals surface area contributed by atoms with Crippen LogP contribution in [0, 0.1) is 0 Å². The van der Waals surface area contributed by atoms with E-state index in [1.165, 1.54) is 49.7 Å². The van der Waals surface area contributed by atoms with E-state index in [1.807, 2.05) is 0 Å². The van der Waals surface area contributed by atoms with E-state index in [4.69, 9.17) is 0 Å². The Balaban J connectivity index is 2.36. The molecule has 1 heterocycles. The average molecular weight is 468 g/mol. The summed E-state index contributed by atoms with van der Waals surface area (Å²) in [6.45, 7) is 19.9. The Kier molecular flexibility index (Phi) is 11.5. The van der Waals surface area contributed by atoms with Crippen molar-refractivity contribution in [3.63, 3.8) is 0 Å². The van der Waals surface area contributed by atoms with E-state index in [-0.39, 0.29) is 11.3 Å². The van der Waals surface area contributed by atoms with Crippen LogP contribution in [0.3, 0.4) is 0 Å². The molecule has 190 valence electrons. The fourth-order valence-corrected chi connectivity index (χ4v) is 5.28. The van der Waals surface area contributed by atoms with Crippen LogP contribution in [0.15, 0.2) is 41.5 Å². The minimum atomic E-state index is -0.116. The average Bonchev–Trinajstić information content (AvgIpc) is 2.82. The van der Waals surface area contributed by atoms with Gasteiger partial charge in [0.15, 0.2) is 0 Å². The van der Waals surface area contributed by atoms with E-state index in [1.54, 1.807) is 6.92 Å². The van der Waals surface area contributed by atoms with Crippen LogP contribution in [0.2, 0.25) is 0 Å². The van der Waals surface area contributed by atoms with E-state index in [0.717, 1.165) is 50.4 Å². The van der Waals surface area contributed by atoms with Crippen molar-refractivity contribution in [2.24, 2.45) is 4.99 Å². The minimum absolute atomic E-state index is 0.116. The SMILES string of the molecule is C=C1CN(C(C)C)CCN1C(CCC(CCCC)(CCCC)c1cccc(CC)c1)=NC(C)=O. The van der Waals surface area contributed by atoms with E-state index >= 15 is 0 Å². The van der Waals surface area contributed by atoms with Crippen molar-refractivity contribution < 1.29 is 4.79 Å². The monoisotopic (exact) mass is 467 g/mol. The molecule has 4 nitrogen and oxygen atoms in total. The summed E-state index contributed by atoms with van der Waals surface area (Å²) >= 11 is 0. The number of piperazine rings is 1. The van der Waals surface area contributed by atoms with Gasteiger partial charge < -0.3 is 4.90 Å². The van der Waals surface area contributed by atoms with Crippen molar-refractivity contribution in [1.29, 1.82) is 0 Å². The third-order valence-corrected chi connectivity index (χ3v) is 7.50. The summed E-state index contributed by atoms with van der Waals surface area (Å²) in [5.41, 5.74) is 4.06. The second kappa shape index (κ2) is 13.8. The molecule has 1 fully saturated rings. The van der Waals surface area contributed by atoms with E-state index in [9.17, 15) is 4.79 Å². The summed E-state index contributed by atoms with van der Waals surface area (Å²) in [4.78, 5) is 21.3. The van der Waals surface area contributed by atoms with E-state index in [2.05, 4.69) is 80.3 Å². The van der Waals surface area contributed by atoms with Gasteiger partial charge in [0.05, 0.1) is 0 Å². The highest BCUT2D eigenvalue weighted by Gasteiger charge is 2.33. The van der Waals surface area contributed by atoms with Gasteiger partial charge in [-0.3, -0.25) is 9.69 Å². The number of hydrogen-bond acceptors (Lipinski definition) is 2. The molecule has 2 rings (SSSR count). The molecule has 0 saturated carbocycles. The Morgan fingerprint density at radius 2 is 1.76 bits per heavy atom. The quantitative estimate of drug-likeness (QED) is 0.242. The maximum absolute atomic E-state index is 12.1. The van der Waals surface area contributed by atoms with E-state index in [0.29, 0.717) is 6.04 Å². The number of carbonyl (C=O) groups is 1. The van der Waals surface area contributed by atoms with Crippen LogP contribution >= 0.6 is 0 Å². The molecule has 1 saturated heterocycles. The van der Waals surface area contributed by atoms with Gasteiger partial charge >= 0.3 is 0 Å². The molecule has 0 radical (unpaired) electrons. The Labute approximate surface area is 209 Å². The molecule has 1 aromatic rings. The fourth-order valence-electron chi connectivity index (χ4n) is 5.28. The second-order valence-electron chi connectivity index (χ2n) is 10.4. The molecule has 0 unspecified atom stereocenters. The maximum Gasteiger partial charge on any atom is 0.244 e. The number of rotatable bonds is 12. The van der Waals surface area contributed by atoms with Gasteiger partial charge in [0, 0.05) is 44.7 Å². The van der Waals surface area contributed by atoms with Gasteiger partial charge in [-0.05, 0) is 56.1 Å². The first-order chi connectivity index (χ1) is 16.3. The summed E-state index contributed by atoms with van der Waals surface area (Å²) in [6.07, 6.45) is 10.1. The number of unbranched alkanes of at least 4 members (excludes halogenated alkanes) is 2. The van der Waals surface area contributed by atoms with Crippen LogP contribution in [-0.2, 0) is 16.6 Å². The smallest absolute Gasteiger partial charge is 0.244 e. The zero-order chi connectivity index (χ0) is 25.1. The lowest BCUT2D eigenvalue weighted by atomic mass is 9.69. The molecule has 1 aliphatic heterocycles. The van der Waals surface area contributed by atoms with Gasteiger partial charge in [0.1, 0.15) is 5.84 Å². The van der Waals surface area contributed by atoms with Gasteiger partial charge in [-0.2, -0.15) is 0 Å². The number of hydrogen-bond donors (Lipinski definition) is 0. The molecule has 0 spiro atoms. The number of aliphatic imine (C=N–C) groups is 1. The third kappa shape index (κ3) is 7.80. The zero-order valence-electron chi connectivity index (χ0n) is 22.8. The van der Waals surface area contributed by atoms with E-state index < -0.39 is 0 Å². The van der Waals surface area contributed by atoms with Crippen molar-refractivity contribution in [3.8, 4) is 0 Å². The summed E-state index contributed by atoms with van der Waals surface area (Å²) in [5.74, 6) is 0.791. The van der Waals surface area contributed by atoms with Crippen LogP contribution < -0.4 is 0 Å². The van der Waals surface area contributed by atoms with Gasteiger partial charge in [-0.25, -0.2) is 4.99 Å². The topological polar surface area (TPSA) is 35.9 Å². The second-order valence-corrected chi connectivity index (χ2v) is 10.4. The number of benzene rings is 1. The number of carbonyl (C=O) groups excluding carboxylic acids is 1. The molecule has 1 aliphatic rings. The lowest BCUT2D eigenvalue weighted by Crippen LogP contribution is -2.49. The van der Waals surface area contributed by atoms with Crippen LogP contribution in [-0.4, -0.2) is 47.2 Å². The predicted octanol–water partition coefficient (Wildman–Crippen LogP) is 7.13. The molecule has 0 N–H and O–H groups in total. The Bertz CT molecular complexity index is 818. The molecular weight excluding hydrogens is 418 g/mol. The Morgan fingerprint density at radius 1 is 1.09 bits per heavy atom. The number of amides is 1. The Morgan fingerprint density at radius 3 is 2.29 bits per heavy atom. The Hall–Kier alpha value is -1.94. The van der Waals surface area contributed by atoms with Crippen molar-refractivity contribution in [2.75, 3.05) is 19.6 Å². The van der Waals surface area contributed by atoms with Crippen LogP contribution in [0.4, 0.5) is 0 Å². The third-order valence-electron chi connectivity index (χ3n) is 7.50. The largest absolute Gasteiger partial charge is 0.331 e. The zero-order valence-corrected chi connectivity index (χ0v) is 22.8. The molecule has 1 amide bonds. The summed E-state index contributed by atoms with van der Waals surface area (Å²) < 4.78 is 0. The number of nitrogens with zero attached hydrogens (tertiary/aromatic N) is 3. The van der Waals surface area contributed by atoms with Crippen molar-refractivity contribution >= 4 is 11.7 Å². The van der Waals surface area contributed by atoms with Crippen molar-refractivity contribution in [3.05, 3.63) is 47.7 Å². The lowest BCUT2D eigenvalue weighted by molar-refractivity contribution is -0.115. The van der Waals surface area contributed by atoms with Crippen molar-refractivity contribution in [1.82, 2.24) is 9.80 Å². The normalized spacial score (nSPS) is 15.9. The molecular formula is C30H49N3O. The first kappa shape index (κ1) is 28.3. The molecule has 34 heavy (non-hydrogen) atoms. The van der Waals surface area contributed by atoms with Crippen LogP contribution in [0.25, 0.3) is 0 Å². The highest BCUT2D eigenvalue weighted by atomic mass is 16.1. The highest BCUT2D eigenvalue weighted by molar-refractivity contribution is 5.94. The summed E-state index contributed by atoms with van der Waals surface area (Å²) in [5, 5.41) is 0. The fraction of sp³-hybridized carbons (Fsp3) is 0.667. The summed E-state index contributed by atoms with van der Waals surface area (Å²) in [6, 6.07) is 9.75. The lowest BCUT2D eigenvalue weighted by Gasteiger charge is -2.41. The van der Waals surface area contributed by atoms with Crippen LogP contribution in [0.5, 0.6) is 0 Å². The van der Waals surface area contributed by atoms with Gasteiger partial charge in [-0.1, -0.05) is 77.3 Å². The number of amidine groups is 1. The van der Waals surface area contributed by atoms with Gasteiger partial charge in [-0.15, -0.1) is 0 Å². The standard InChI is InChI=1S/C30H49N3O/c1-8-11-17-30(18-12-9-2,28-15-13-14-27(10-3)22-28)19-16-29(31-26(7)34)33-21-20-32(24(4)5)23-25(33)6/h13-15,22,24H,6,8-12,16-21,23H2,1-5,7H3. The molecule has 1 aromatic carbocycles. The van der Waals surface area contributed by atoms with Crippen LogP contribution in [0.1, 0.15) is 104 Å². The van der Waals surface area contributed by atoms with Gasteiger partial charge in [0.2, 0.25) is 5.91 Å². The van der Waals surface area contributed by atoms with Crippen molar-refractivity contribution in [2.45, 2.75) is 111 Å². The highest BCUT2D eigenvalue weighted by Crippen LogP contribution is 2.40. The minimum Gasteiger partial charge on any atom is -0.331 e. The molecule has 4 heteroatoms. The number of aryl methyl sites for hydroxylation is 1. The molecule has 0 atom stereocenters. The maximum atomic E-state index is 12.1. The van der Waals surface area contributed by atoms with Gasteiger partial charge in [0.25, 0.3) is 0 Å². The molecule has 0 aliphatic carbocycles. The molecule has 0 aromatic heterocycles. The predicted molar refractivity (Wildman–Crippen MR) is 146 cm³/mol. The first-order valence-corrected chi connectivity index (χ1v) is 13.6. The molecule has 0 bridgehead atoms.